The van der Waals surface area contributed by atoms with E-state index in [0.29, 0.717) is 17.2 Å². The fourth-order valence-corrected chi connectivity index (χ4v) is 1.48. The highest BCUT2D eigenvalue weighted by Crippen LogP contribution is 2.38. The molecule has 0 fully saturated rings. The molecule has 5 nitrogen and oxygen atoms in total. The number of ether oxygens (including phenoxy) is 4. The summed E-state index contributed by atoms with van der Waals surface area (Å²) in [5.41, 5.74) is 0.742. The Hall–Kier alpha value is -1.91. The topological polar surface area (TPSA) is 54.0 Å². The lowest BCUT2D eigenvalue weighted by Crippen LogP contribution is -2.05. The first-order chi connectivity index (χ1) is 8.15. The van der Waals surface area contributed by atoms with Gasteiger partial charge in [-0.05, 0) is 17.7 Å². The molecule has 0 saturated heterocycles. The second-order valence-corrected chi connectivity index (χ2v) is 3.29. The van der Waals surface area contributed by atoms with Crippen molar-refractivity contribution < 1.29 is 23.7 Å². The zero-order valence-corrected chi connectivity index (χ0v) is 10.4. The summed E-state index contributed by atoms with van der Waals surface area (Å²) in [6.45, 7) is 0. The van der Waals surface area contributed by atoms with E-state index in [9.17, 15) is 4.79 Å². The van der Waals surface area contributed by atoms with E-state index in [0.717, 1.165) is 5.56 Å². The van der Waals surface area contributed by atoms with E-state index in [1.165, 1.54) is 28.4 Å². The predicted octanol–water partition coefficient (Wildman–Crippen LogP) is 1.43. The van der Waals surface area contributed by atoms with Gasteiger partial charge in [0.1, 0.15) is 0 Å². The Balaban J connectivity index is 3.13. The van der Waals surface area contributed by atoms with Crippen LogP contribution in [-0.4, -0.2) is 34.4 Å². The van der Waals surface area contributed by atoms with Gasteiger partial charge in [-0.2, -0.15) is 0 Å². The Labute approximate surface area is 100 Å². The molecule has 5 heteroatoms. The van der Waals surface area contributed by atoms with Gasteiger partial charge in [0, 0.05) is 0 Å². The standard InChI is InChI=1S/C12H16O5/c1-14-9-5-8(7-11(13)16-3)6-10(15-2)12(9)17-4/h5-6H,7H2,1-4H3. The molecule has 0 aliphatic rings. The number of hydrogen-bond donors (Lipinski definition) is 0. The molecule has 0 radical (unpaired) electrons. The second kappa shape index (κ2) is 5.98. The summed E-state index contributed by atoms with van der Waals surface area (Å²) >= 11 is 0. The smallest absolute Gasteiger partial charge is 0.309 e. The van der Waals surface area contributed by atoms with Gasteiger partial charge in [0.25, 0.3) is 0 Å². The molecule has 0 N–H and O–H groups in total. The monoisotopic (exact) mass is 240 g/mol. The molecule has 0 aromatic heterocycles. The van der Waals surface area contributed by atoms with Crippen molar-refractivity contribution >= 4 is 5.97 Å². The van der Waals surface area contributed by atoms with Gasteiger partial charge in [0.05, 0.1) is 34.9 Å². The van der Waals surface area contributed by atoms with Crippen molar-refractivity contribution in [2.45, 2.75) is 6.42 Å². The minimum atomic E-state index is -0.320. The van der Waals surface area contributed by atoms with Crippen molar-refractivity contribution in [1.82, 2.24) is 0 Å². The summed E-state index contributed by atoms with van der Waals surface area (Å²) in [6.07, 6.45) is 0.160. The van der Waals surface area contributed by atoms with E-state index in [4.69, 9.17) is 14.2 Å². The predicted molar refractivity (Wildman–Crippen MR) is 61.8 cm³/mol. The van der Waals surface area contributed by atoms with Crippen LogP contribution >= 0.6 is 0 Å². The van der Waals surface area contributed by atoms with Crippen LogP contribution in [-0.2, 0) is 16.0 Å². The summed E-state index contributed by atoms with van der Waals surface area (Å²) in [5, 5.41) is 0. The molecule has 17 heavy (non-hydrogen) atoms. The first kappa shape index (κ1) is 13.2. The first-order valence-electron chi connectivity index (χ1n) is 5.02. The average Bonchev–Trinajstić information content (AvgIpc) is 2.37. The van der Waals surface area contributed by atoms with E-state index in [1.807, 2.05) is 0 Å². The van der Waals surface area contributed by atoms with E-state index in [-0.39, 0.29) is 12.4 Å². The van der Waals surface area contributed by atoms with Crippen molar-refractivity contribution in [3.8, 4) is 17.2 Å². The number of carbonyl (C=O) groups excluding carboxylic acids is 1. The molecular weight excluding hydrogens is 224 g/mol. The Morgan fingerprint density at radius 3 is 1.88 bits per heavy atom. The van der Waals surface area contributed by atoms with Crippen LogP contribution in [0.2, 0.25) is 0 Å². The molecular formula is C12H16O5. The van der Waals surface area contributed by atoms with Crippen molar-refractivity contribution in [2.75, 3.05) is 28.4 Å². The van der Waals surface area contributed by atoms with Gasteiger partial charge >= 0.3 is 5.97 Å². The molecule has 0 aliphatic heterocycles. The van der Waals surface area contributed by atoms with Gasteiger partial charge in [-0.15, -0.1) is 0 Å². The normalized spacial score (nSPS) is 9.65. The third-order valence-electron chi connectivity index (χ3n) is 2.30. The number of methoxy groups -OCH3 is 4. The number of benzene rings is 1. The molecule has 0 unspecified atom stereocenters. The molecule has 94 valence electrons. The average molecular weight is 240 g/mol. The zero-order valence-electron chi connectivity index (χ0n) is 10.4. The third-order valence-corrected chi connectivity index (χ3v) is 2.30. The molecule has 1 aromatic carbocycles. The highest BCUT2D eigenvalue weighted by atomic mass is 16.5. The summed E-state index contributed by atoms with van der Waals surface area (Å²) in [4.78, 5) is 11.2. The molecule has 0 aliphatic carbocycles. The van der Waals surface area contributed by atoms with Crippen LogP contribution in [0.4, 0.5) is 0 Å². The van der Waals surface area contributed by atoms with Crippen LogP contribution in [0.5, 0.6) is 17.2 Å². The summed E-state index contributed by atoms with van der Waals surface area (Å²) in [6, 6.07) is 3.44. The zero-order chi connectivity index (χ0) is 12.8. The number of carbonyl (C=O) groups is 1. The number of esters is 1. The molecule has 0 saturated carbocycles. The first-order valence-corrected chi connectivity index (χ1v) is 5.02. The highest BCUT2D eigenvalue weighted by molar-refractivity contribution is 5.73. The Morgan fingerprint density at radius 1 is 1.00 bits per heavy atom. The largest absolute Gasteiger partial charge is 0.493 e. The van der Waals surface area contributed by atoms with Crippen molar-refractivity contribution in [3.05, 3.63) is 17.7 Å². The lowest BCUT2D eigenvalue weighted by molar-refractivity contribution is -0.139. The van der Waals surface area contributed by atoms with Crippen LogP contribution in [0, 0.1) is 0 Å². The van der Waals surface area contributed by atoms with E-state index in [2.05, 4.69) is 4.74 Å². The van der Waals surface area contributed by atoms with Gasteiger partial charge in [-0.1, -0.05) is 0 Å². The maximum absolute atomic E-state index is 11.2. The molecule has 1 aromatic rings. The fourth-order valence-electron chi connectivity index (χ4n) is 1.48. The van der Waals surface area contributed by atoms with Crippen LogP contribution in [0.25, 0.3) is 0 Å². The van der Waals surface area contributed by atoms with Crippen LogP contribution < -0.4 is 14.2 Å². The lowest BCUT2D eigenvalue weighted by Gasteiger charge is -2.13. The molecule has 0 amide bonds. The molecule has 0 bridgehead atoms. The van der Waals surface area contributed by atoms with Crippen LogP contribution in [0.15, 0.2) is 12.1 Å². The molecule has 0 heterocycles. The number of hydrogen-bond acceptors (Lipinski definition) is 5. The van der Waals surface area contributed by atoms with Crippen molar-refractivity contribution in [2.24, 2.45) is 0 Å². The Morgan fingerprint density at radius 2 is 1.53 bits per heavy atom. The Bertz CT molecular complexity index is 375. The second-order valence-electron chi connectivity index (χ2n) is 3.29. The SMILES string of the molecule is COC(=O)Cc1cc(OC)c(OC)c(OC)c1. The molecule has 0 atom stereocenters. The van der Waals surface area contributed by atoms with E-state index in [1.54, 1.807) is 12.1 Å². The van der Waals surface area contributed by atoms with Crippen LogP contribution in [0.3, 0.4) is 0 Å². The van der Waals surface area contributed by atoms with Gasteiger partial charge in [-0.25, -0.2) is 0 Å². The minimum Gasteiger partial charge on any atom is -0.493 e. The van der Waals surface area contributed by atoms with Gasteiger partial charge < -0.3 is 18.9 Å². The van der Waals surface area contributed by atoms with Gasteiger partial charge in [-0.3, -0.25) is 4.79 Å². The summed E-state index contributed by atoms with van der Waals surface area (Å²) < 4.78 is 20.1. The maximum atomic E-state index is 11.2. The molecule has 0 spiro atoms. The lowest BCUT2D eigenvalue weighted by atomic mass is 10.1. The maximum Gasteiger partial charge on any atom is 0.309 e. The van der Waals surface area contributed by atoms with Crippen molar-refractivity contribution in [3.63, 3.8) is 0 Å². The number of rotatable bonds is 5. The quantitative estimate of drug-likeness (QED) is 0.729. The van der Waals surface area contributed by atoms with Crippen LogP contribution in [0.1, 0.15) is 5.56 Å². The minimum absolute atomic E-state index is 0.160. The molecule has 1 rings (SSSR count). The van der Waals surface area contributed by atoms with Crippen molar-refractivity contribution in [1.29, 1.82) is 0 Å². The third kappa shape index (κ3) is 3.03. The fraction of sp³-hybridized carbons (Fsp3) is 0.417. The summed E-state index contributed by atoms with van der Waals surface area (Å²) in [7, 11) is 5.93. The summed E-state index contributed by atoms with van der Waals surface area (Å²) in [5.74, 6) is 1.22. The van der Waals surface area contributed by atoms with Gasteiger partial charge in [0.15, 0.2) is 11.5 Å². The Kier molecular flexibility index (Phi) is 4.63. The van der Waals surface area contributed by atoms with E-state index >= 15 is 0 Å². The highest BCUT2D eigenvalue weighted by Gasteiger charge is 2.14. The van der Waals surface area contributed by atoms with E-state index < -0.39 is 0 Å². The van der Waals surface area contributed by atoms with Gasteiger partial charge in [0.2, 0.25) is 5.75 Å².